The van der Waals surface area contributed by atoms with Gasteiger partial charge in [-0.15, -0.1) is 0 Å². The Hall–Kier alpha value is -0.370. The van der Waals surface area contributed by atoms with Crippen LogP contribution in [0.3, 0.4) is 0 Å². The van der Waals surface area contributed by atoms with Gasteiger partial charge in [-0.3, -0.25) is 0 Å². The summed E-state index contributed by atoms with van der Waals surface area (Å²) in [6.07, 6.45) is 9.94. The first-order valence-electron chi connectivity index (χ1n) is 8.14. The molecule has 2 rings (SSSR count). The first kappa shape index (κ1) is 15.0. The number of hydrogen-bond donors (Lipinski definition) is 0. The van der Waals surface area contributed by atoms with Gasteiger partial charge in [-0.05, 0) is 50.1 Å². The Kier molecular flexibility index (Phi) is 4.70. The van der Waals surface area contributed by atoms with Gasteiger partial charge >= 0.3 is 0 Å². The molecule has 0 aromatic carbocycles. The van der Waals surface area contributed by atoms with Crippen molar-refractivity contribution in [3.63, 3.8) is 0 Å². The first-order chi connectivity index (χ1) is 8.95. The second-order valence-electron chi connectivity index (χ2n) is 7.96. The number of rotatable bonds is 3. The molecule has 1 heterocycles. The maximum Gasteiger partial charge on any atom is 0.127 e. The highest BCUT2D eigenvalue weighted by molar-refractivity contribution is 5.60. The molecule has 2 aliphatic rings. The second-order valence-corrected chi connectivity index (χ2v) is 7.96. The third-order valence-electron chi connectivity index (χ3n) is 5.45. The number of nitrogens with zero attached hydrogens (tertiary/aromatic N) is 1. The van der Waals surface area contributed by atoms with Gasteiger partial charge in [-0.2, -0.15) is 0 Å². The number of carbonyl (C=O) groups is 1. The quantitative estimate of drug-likeness (QED) is 0.721. The summed E-state index contributed by atoms with van der Waals surface area (Å²) in [4.78, 5) is 14.1. The third-order valence-corrected chi connectivity index (χ3v) is 5.45. The normalized spacial score (nSPS) is 26.3. The Morgan fingerprint density at radius 3 is 2.16 bits per heavy atom. The van der Waals surface area contributed by atoms with Crippen LogP contribution in [0.25, 0.3) is 0 Å². The molecule has 0 unspecified atom stereocenters. The monoisotopic (exact) mass is 265 g/mol. The van der Waals surface area contributed by atoms with Crippen molar-refractivity contribution in [2.45, 2.75) is 65.7 Å². The van der Waals surface area contributed by atoms with Crippen molar-refractivity contribution in [1.29, 1.82) is 0 Å². The van der Waals surface area contributed by atoms with Gasteiger partial charge in [-0.1, -0.05) is 40.0 Å². The molecule has 110 valence electrons. The average Bonchev–Trinajstić information content (AvgIpc) is 2.39. The molecule has 0 amide bonds. The fourth-order valence-electron chi connectivity index (χ4n) is 3.97. The third kappa shape index (κ3) is 3.81. The summed E-state index contributed by atoms with van der Waals surface area (Å²) in [5, 5.41) is 0. The highest BCUT2D eigenvalue weighted by Gasteiger charge is 2.36. The summed E-state index contributed by atoms with van der Waals surface area (Å²) < 4.78 is 0. The maximum absolute atomic E-state index is 11.6. The zero-order valence-electron chi connectivity index (χ0n) is 13.1. The van der Waals surface area contributed by atoms with E-state index in [0.29, 0.717) is 5.41 Å². The Labute approximate surface area is 118 Å². The first-order valence-corrected chi connectivity index (χ1v) is 8.14. The lowest BCUT2D eigenvalue weighted by Crippen LogP contribution is -2.45. The summed E-state index contributed by atoms with van der Waals surface area (Å²) in [7, 11) is 0. The predicted molar refractivity (Wildman–Crippen MR) is 80.2 cm³/mol. The minimum absolute atomic E-state index is 0.00712. The summed E-state index contributed by atoms with van der Waals surface area (Å²) in [6, 6.07) is 0. The van der Waals surface area contributed by atoms with Gasteiger partial charge in [0.15, 0.2) is 0 Å². The molecular weight excluding hydrogens is 234 g/mol. The van der Waals surface area contributed by atoms with E-state index in [9.17, 15) is 4.79 Å². The molecule has 2 heteroatoms. The highest BCUT2D eigenvalue weighted by atomic mass is 16.1. The Bertz CT molecular complexity index is 291. The van der Waals surface area contributed by atoms with E-state index >= 15 is 0 Å². The van der Waals surface area contributed by atoms with Crippen molar-refractivity contribution in [3.8, 4) is 0 Å². The van der Waals surface area contributed by atoms with Gasteiger partial charge in [0.1, 0.15) is 6.29 Å². The van der Waals surface area contributed by atoms with Gasteiger partial charge in [-0.25, -0.2) is 0 Å². The van der Waals surface area contributed by atoms with Gasteiger partial charge in [0.2, 0.25) is 0 Å². The molecule has 19 heavy (non-hydrogen) atoms. The van der Waals surface area contributed by atoms with E-state index in [1.54, 1.807) is 0 Å². The molecule has 0 radical (unpaired) electrons. The second kappa shape index (κ2) is 5.95. The van der Waals surface area contributed by atoms with Crippen molar-refractivity contribution in [2.75, 3.05) is 19.6 Å². The van der Waals surface area contributed by atoms with Gasteiger partial charge in [0.05, 0.1) is 0 Å². The molecule has 0 N–H and O–H groups in total. The Morgan fingerprint density at radius 1 is 1.11 bits per heavy atom. The Morgan fingerprint density at radius 2 is 1.68 bits per heavy atom. The van der Waals surface area contributed by atoms with E-state index in [4.69, 9.17) is 0 Å². The number of hydrogen-bond acceptors (Lipinski definition) is 2. The van der Waals surface area contributed by atoms with E-state index in [1.807, 2.05) is 0 Å². The lowest BCUT2D eigenvalue weighted by molar-refractivity contribution is -0.119. The zero-order chi connectivity index (χ0) is 13.9. The van der Waals surface area contributed by atoms with Crippen molar-refractivity contribution >= 4 is 6.29 Å². The van der Waals surface area contributed by atoms with Crippen LogP contribution in [0.5, 0.6) is 0 Å². The molecule has 0 bridgehead atoms. The van der Waals surface area contributed by atoms with Crippen LogP contribution in [0, 0.1) is 16.7 Å². The summed E-state index contributed by atoms with van der Waals surface area (Å²) in [5.74, 6) is 0.849. The zero-order valence-corrected chi connectivity index (χ0v) is 13.1. The molecule has 2 fully saturated rings. The van der Waals surface area contributed by atoms with Crippen LogP contribution in [-0.4, -0.2) is 30.8 Å². The summed E-state index contributed by atoms with van der Waals surface area (Å²) >= 11 is 0. The molecule has 0 aromatic rings. The molecule has 1 aliphatic heterocycles. The van der Waals surface area contributed by atoms with Crippen LogP contribution in [0.4, 0.5) is 0 Å². The van der Waals surface area contributed by atoms with E-state index in [-0.39, 0.29) is 5.41 Å². The van der Waals surface area contributed by atoms with E-state index in [1.165, 1.54) is 51.5 Å². The predicted octanol–water partition coefficient (Wildman–Crippen LogP) is 3.89. The van der Waals surface area contributed by atoms with Crippen LogP contribution in [-0.2, 0) is 4.79 Å². The Balaban J connectivity index is 1.86. The fraction of sp³-hybridized carbons (Fsp3) is 0.941. The smallest absolute Gasteiger partial charge is 0.127 e. The van der Waals surface area contributed by atoms with Crippen LogP contribution in [0.15, 0.2) is 0 Å². The van der Waals surface area contributed by atoms with Gasteiger partial charge < -0.3 is 9.69 Å². The van der Waals surface area contributed by atoms with Crippen molar-refractivity contribution < 1.29 is 4.79 Å². The summed E-state index contributed by atoms with van der Waals surface area (Å²) in [5.41, 5.74) is 0.437. The molecule has 1 saturated carbocycles. The molecule has 1 saturated heterocycles. The minimum Gasteiger partial charge on any atom is -0.303 e. The SMILES string of the molecule is CC(C)(C)C1CCN(CC2(C=O)CCCCC2)CC1. The van der Waals surface area contributed by atoms with Crippen molar-refractivity contribution in [1.82, 2.24) is 4.90 Å². The molecule has 2 nitrogen and oxygen atoms in total. The van der Waals surface area contributed by atoms with Crippen LogP contribution in [0.2, 0.25) is 0 Å². The largest absolute Gasteiger partial charge is 0.303 e. The number of piperidine rings is 1. The van der Waals surface area contributed by atoms with Gasteiger partial charge in [0.25, 0.3) is 0 Å². The van der Waals surface area contributed by atoms with E-state index in [0.717, 1.165) is 25.3 Å². The maximum atomic E-state index is 11.6. The van der Waals surface area contributed by atoms with Crippen LogP contribution < -0.4 is 0 Å². The van der Waals surface area contributed by atoms with E-state index in [2.05, 4.69) is 25.7 Å². The average molecular weight is 265 g/mol. The van der Waals surface area contributed by atoms with Crippen LogP contribution >= 0.6 is 0 Å². The fourth-order valence-corrected chi connectivity index (χ4v) is 3.97. The lowest BCUT2D eigenvalue weighted by atomic mass is 9.73. The van der Waals surface area contributed by atoms with E-state index < -0.39 is 0 Å². The number of aldehydes is 1. The standard InChI is InChI=1S/C17H31NO/c1-16(2,3)15-7-11-18(12-8-15)13-17(14-19)9-5-4-6-10-17/h14-15H,4-13H2,1-3H3. The number of likely N-dealkylation sites (tertiary alicyclic amines) is 1. The summed E-state index contributed by atoms with van der Waals surface area (Å²) in [6.45, 7) is 10.5. The van der Waals surface area contributed by atoms with Crippen molar-refractivity contribution in [3.05, 3.63) is 0 Å². The molecule has 0 aromatic heterocycles. The topological polar surface area (TPSA) is 20.3 Å². The lowest BCUT2D eigenvalue weighted by Gasteiger charge is -2.42. The highest BCUT2D eigenvalue weighted by Crippen LogP contribution is 2.38. The van der Waals surface area contributed by atoms with Crippen LogP contribution in [0.1, 0.15) is 65.7 Å². The molecule has 0 atom stereocenters. The van der Waals surface area contributed by atoms with Gasteiger partial charge in [0, 0.05) is 12.0 Å². The molecular formula is C17H31NO. The minimum atomic E-state index is -0.00712. The number of carbonyl (C=O) groups excluding carboxylic acids is 1. The molecule has 1 aliphatic carbocycles. The molecule has 0 spiro atoms. The van der Waals surface area contributed by atoms with Crippen molar-refractivity contribution in [2.24, 2.45) is 16.7 Å².